The van der Waals surface area contributed by atoms with Gasteiger partial charge in [0, 0.05) is 13.1 Å². The number of ether oxygens (including phenoxy) is 1. The zero-order valence-corrected chi connectivity index (χ0v) is 18.3. The summed E-state index contributed by atoms with van der Waals surface area (Å²) in [6, 6.07) is 9.32. The van der Waals surface area contributed by atoms with Gasteiger partial charge in [-0.2, -0.15) is 13.1 Å². The van der Waals surface area contributed by atoms with E-state index in [0.717, 1.165) is 0 Å². The van der Waals surface area contributed by atoms with Gasteiger partial charge in [-0.05, 0) is 42.8 Å². The lowest BCUT2D eigenvalue weighted by atomic mass is 10.1. The standard InChI is InChI=1S/C20H23ClF2N2O4S/c1-4-25(5-2)30(27,28)16-10-11-18(21)17(12-16)19(26)24-13(3)14-6-8-15(9-7-14)29-20(22)23/h6-13,20H,4-5H2,1-3H3,(H,24,26). The number of rotatable bonds is 9. The summed E-state index contributed by atoms with van der Waals surface area (Å²) in [5, 5.41) is 2.84. The van der Waals surface area contributed by atoms with Crippen molar-refractivity contribution in [3.8, 4) is 5.75 Å². The van der Waals surface area contributed by atoms with E-state index in [2.05, 4.69) is 10.1 Å². The fourth-order valence-corrected chi connectivity index (χ4v) is 4.54. The number of carbonyl (C=O) groups excluding carboxylic acids is 1. The highest BCUT2D eigenvalue weighted by Crippen LogP contribution is 2.24. The first-order chi connectivity index (χ1) is 14.1. The summed E-state index contributed by atoms with van der Waals surface area (Å²) in [6.07, 6.45) is 0. The maximum Gasteiger partial charge on any atom is 0.387 e. The van der Waals surface area contributed by atoms with E-state index >= 15 is 0 Å². The third kappa shape index (κ3) is 5.68. The lowest BCUT2D eigenvalue weighted by Crippen LogP contribution is -2.31. The molecule has 164 valence electrons. The third-order valence-electron chi connectivity index (χ3n) is 4.48. The van der Waals surface area contributed by atoms with Gasteiger partial charge in [0.1, 0.15) is 5.75 Å². The molecule has 6 nitrogen and oxygen atoms in total. The van der Waals surface area contributed by atoms with Gasteiger partial charge in [0.15, 0.2) is 0 Å². The van der Waals surface area contributed by atoms with E-state index in [1.54, 1.807) is 32.9 Å². The molecule has 0 saturated heterocycles. The molecule has 0 saturated carbocycles. The summed E-state index contributed by atoms with van der Waals surface area (Å²) in [6.45, 7) is 2.82. The topological polar surface area (TPSA) is 75.7 Å². The first kappa shape index (κ1) is 24.0. The summed E-state index contributed by atoms with van der Waals surface area (Å²) in [7, 11) is -3.75. The highest BCUT2D eigenvalue weighted by Gasteiger charge is 2.24. The lowest BCUT2D eigenvalue weighted by molar-refractivity contribution is -0.0498. The molecule has 1 atom stereocenters. The van der Waals surface area contributed by atoms with Crippen LogP contribution in [-0.2, 0) is 10.0 Å². The smallest absolute Gasteiger partial charge is 0.387 e. The molecule has 2 aromatic carbocycles. The molecular weight excluding hydrogens is 438 g/mol. The number of nitrogens with one attached hydrogen (secondary N) is 1. The molecular formula is C20H23ClF2N2O4S. The second-order valence-electron chi connectivity index (χ2n) is 6.37. The van der Waals surface area contributed by atoms with Crippen LogP contribution in [0, 0.1) is 0 Å². The second-order valence-corrected chi connectivity index (χ2v) is 8.72. The van der Waals surface area contributed by atoms with E-state index in [-0.39, 0.29) is 21.2 Å². The number of hydrogen-bond acceptors (Lipinski definition) is 4. The summed E-state index contributed by atoms with van der Waals surface area (Å²) >= 11 is 6.13. The number of benzene rings is 2. The Morgan fingerprint density at radius 3 is 2.27 bits per heavy atom. The number of hydrogen-bond donors (Lipinski definition) is 1. The van der Waals surface area contributed by atoms with Crippen molar-refractivity contribution < 1.29 is 26.7 Å². The SMILES string of the molecule is CCN(CC)S(=O)(=O)c1ccc(Cl)c(C(=O)NC(C)c2ccc(OC(F)F)cc2)c1. The summed E-state index contributed by atoms with van der Waals surface area (Å²) in [5.74, 6) is -0.554. The van der Waals surface area contributed by atoms with Crippen molar-refractivity contribution in [2.24, 2.45) is 0 Å². The van der Waals surface area contributed by atoms with Gasteiger partial charge in [0.2, 0.25) is 10.0 Å². The Morgan fingerprint density at radius 1 is 1.13 bits per heavy atom. The van der Waals surface area contributed by atoms with E-state index in [4.69, 9.17) is 11.6 Å². The number of nitrogens with zero attached hydrogens (tertiary/aromatic N) is 1. The van der Waals surface area contributed by atoms with Crippen LogP contribution >= 0.6 is 11.6 Å². The van der Waals surface area contributed by atoms with E-state index in [0.29, 0.717) is 18.7 Å². The normalized spacial score (nSPS) is 12.8. The average Bonchev–Trinajstić information content (AvgIpc) is 2.68. The van der Waals surface area contributed by atoms with E-state index in [1.165, 1.54) is 34.6 Å². The quantitative estimate of drug-likeness (QED) is 0.599. The summed E-state index contributed by atoms with van der Waals surface area (Å²) in [5.41, 5.74) is 0.669. The van der Waals surface area contributed by atoms with Gasteiger partial charge < -0.3 is 10.1 Å². The van der Waals surface area contributed by atoms with Gasteiger partial charge in [-0.25, -0.2) is 8.42 Å². The van der Waals surface area contributed by atoms with Crippen molar-refractivity contribution in [1.82, 2.24) is 9.62 Å². The molecule has 0 spiro atoms. The predicted molar refractivity (Wildman–Crippen MR) is 111 cm³/mol. The van der Waals surface area contributed by atoms with Gasteiger partial charge in [-0.15, -0.1) is 0 Å². The Morgan fingerprint density at radius 2 is 1.73 bits per heavy atom. The third-order valence-corrected chi connectivity index (χ3v) is 6.85. The first-order valence-electron chi connectivity index (χ1n) is 9.25. The first-order valence-corrected chi connectivity index (χ1v) is 11.1. The van der Waals surface area contributed by atoms with Crippen molar-refractivity contribution in [2.45, 2.75) is 38.3 Å². The van der Waals surface area contributed by atoms with Gasteiger partial charge in [-0.1, -0.05) is 37.6 Å². The Bertz CT molecular complexity index is 981. The van der Waals surface area contributed by atoms with Crippen molar-refractivity contribution in [1.29, 1.82) is 0 Å². The number of sulfonamides is 1. The van der Waals surface area contributed by atoms with Crippen LogP contribution in [-0.4, -0.2) is 38.3 Å². The van der Waals surface area contributed by atoms with Crippen molar-refractivity contribution in [3.05, 3.63) is 58.6 Å². The molecule has 1 unspecified atom stereocenters. The van der Waals surface area contributed by atoms with Crippen molar-refractivity contribution >= 4 is 27.5 Å². The summed E-state index contributed by atoms with van der Waals surface area (Å²) in [4.78, 5) is 12.7. The second kappa shape index (κ2) is 10.2. The number of carbonyl (C=O) groups is 1. The van der Waals surface area contributed by atoms with E-state index in [1.807, 2.05) is 0 Å². The number of amides is 1. The lowest BCUT2D eigenvalue weighted by Gasteiger charge is -2.19. The minimum absolute atomic E-state index is 0.00429. The number of alkyl halides is 2. The van der Waals surface area contributed by atoms with Crippen LogP contribution in [0.2, 0.25) is 5.02 Å². The van der Waals surface area contributed by atoms with Gasteiger partial charge in [0.25, 0.3) is 5.91 Å². The largest absolute Gasteiger partial charge is 0.435 e. The summed E-state index contributed by atoms with van der Waals surface area (Å²) < 4.78 is 55.5. The predicted octanol–water partition coefficient (Wildman–Crippen LogP) is 4.46. The highest BCUT2D eigenvalue weighted by atomic mass is 35.5. The zero-order chi connectivity index (χ0) is 22.5. The monoisotopic (exact) mass is 460 g/mol. The minimum Gasteiger partial charge on any atom is -0.435 e. The molecule has 0 bridgehead atoms. The molecule has 1 N–H and O–H groups in total. The minimum atomic E-state index is -3.75. The van der Waals surface area contributed by atoms with Crippen LogP contribution in [0.25, 0.3) is 0 Å². The fourth-order valence-electron chi connectivity index (χ4n) is 2.85. The maximum absolute atomic E-state index is 12.7. The molecule has 0 aliphatic carbocycles. The molecule has 30 heavy (non-hydrogen) atoms. The average molecular weight is 461 g/mol. The van der Waals surface area contributed by atoms with E-state index in [9.17, 15) is 22.0 Å². The van der Waals surface area contributed by atoms with Crippen LogP contribution in [0.5, 0.6) is 5.75 Å². The highest BCUT2D eigenvalue weighted by molar-refractivity contribution is 7.89. The molecule has 10 heteroatoms. The fraction of sp³-hybridized carbons (Fsp3) is 0.350. The Labute approximate surface area is 179 Å². The van der Waals surface area contributed by atoms with Crippen LogP contribution < -0.4 is 10.1 Å². The van der Waals surface area contributed by atoms with E-state index < -0.39 is 28.6 Å². The molecule has 1 amide bonds. The molecule has 0 aliphatic heterocycles. The molecule has 2 aromatic rings. The molecule has 2 rings (SSSR count). The van der Waals surface area contributed by atoms with Crippen LogP contribution in [0.15, 0.2) is 47.4 Å². The van der Waals surface area contributed by atoms with Crippen LogP contribution in [0.4, 0.5) is 8.78 Å². The van der Waals surface area contributed by atoms with Gasteiger partial charge in [0.05, 0.1) is 21.5 Å². The zero-order valence-electron chi connectivity index (χ0n) is 16.7. The van der Waals surface area contributed by atoms with Crippen molar-refractivity contribution in [3.63, 3.8) is 0 Å². The molecule has 0 heterocycles. The van der Waals surface area contributed by atoms with Gasteiger partial charge >= 0.3 is 6.61 Å². The Kier molecular flexibility index (Phi) is 8.17. The molecule has 0 radical (unpaired) electrons. The van der Waals surface area contributed by atoms with Gasteiger partial charge in [-0.3, -0.25) is 4.79 Å². The van der Waals surface area contributed by atoms with Crippen LogP contribution in [0.1, 0.15) is 42.7 Å². The Hall–Kier alpha value is -2.23. The Balaban J connectivity index is 2.22. The maximum atomic E-state index is 12.7. The molecule has 0 fully saturated rings. The van der Waals surface area contributed by atoms with Crippen LogP contribution in [0.3, 0.4) is 0 Å². The number of halogens is 3. The van der Waals surface area contributed by atoms with Crippen molar-refractivity contribution in [2.75, 3.05) is 13.1 Å². The molecule has 0 aromatic heterocycles. The molecule has 0 aliphatic rings.